The van der Waals surface area contributed by atoms with Crippen molar-refractivity contribution in [1.82, 2.24) is 0 Å². The number of carbonyl (C=O) groups is 2. The number of carbonyl (C=O) groups excluding carboxylic acids is 2. The van der Waals surface area contributed by atoms with E-state index in [1.54, 1.807) is 0 Å². The topological polar surface area (TPSA) is 55.8 Å². The van der Waals surface area contributed by atoms with Gasteiger partial charge in [0, 0.05) is 40.9 Å². The number of ether oxygens (including phenoxy) is 2. The first-order valence-electron chi connectivity index (χ1n) is 13.4. The fourth-order valence-corrected chi connectivity index (χ4v) is 6.46. The van der Waals surface area contributed by atoms with E-state index in [0.717, 1.165) is 27.9 Å². The lowest BCUT2D eigenvalue weighted by Crippen LogP contribution is -2.51. The number of rotatable bonds is 2. The van der Waals surface area contributed by atoms with E-state index in [1.165, 1.54) is 23.8 Å². The molecular weight excluding hydrogens is 474 g/mol. The van der Waals surface area contributed by atoms with Crippen LogP contribution in [0.5, 0.6) is 0 Å². The highest BCUT2D eigenvalue weighted by molar-refractivity contribution is 5.97. The molecule has 1 spiro atoms. The quantitative estimate of drug-likeness (QED) is 0.397. The maximum atomic E-state index is 13.4. The molecule has 0 amide bonds. The van der Waals surface area contributed by atoms with Gasteiger partial charge in [0.15, 0.2) is 5.60 Å². The summed E-state index contributed by atoms with van der Waals surface area (Å²) in [4.78, 5) is 27.6. The van der Waals surface area contributed by atoms with Crippen LogP contribution in [-0.2, 0) is 30.7 Å². The van der Waals surface area contributed by atoms with E-state index in [4.69, 9.17) is 9.47 Å². The van der Waals surface area contributed by atoms with Crippen molar-refractivity contribution >= 4 is 17.6 Å². The second kappa shape index (κ2) is 7.95. The maximum absolute atomic E-state index is 13.4. The smallest absolute Gasteiger partial charge is 0.340 e. The third kappa shape index (κ3) is 3.30. The van der Waals surface area contributed by atoms with E-state index < -0.39 is 5.60 Å². The summed E-state index contributed by atoms with van der Waals surface area (Å²) in [6.07, 6.45) is 0. The van der Waals surface area contributed by atoms with Crippen molar-refractivity contribution in [3.63, 3.8) is 0 Å². The van der Waals surface area contributed by atoms with Crippen molar-refractivity contribution in [1.29, 1.82) is 0 Å². The first kappa shape index (κ1) is 24.7. The van der Waals surface area contributed by atoms with Gasteiger partial charge in [-0.15, -0.1) is 0 Å². The molecule has 2 aliphatic heterocycles. The molecule has 3 aliphatic rings. The summed E-state index contributed by atoms with van der Waals surface area (Å²) in [5, 5.41) is 0. The Bertz CT molecular complexity index is 1510. The largest absolute Gasteiger partial charge is 0.469 e. The first-order valence-corrected chi connectivity index (χ1v) is 13.4. The van der Waals surface area contributed by atoms with Crippen LogP contribution in [0.3, 0.4) is 0 Å². The van der Waals surface area contributed by atoms with Crippen molar-refractivity contribution in [3.05, 3.63) is 99.1 Å². The molecule has 1 unspecified atom stereocenters. The Morgan fingerprint density at radius 1 is 0.921 bits per heavy atom. The van der Waals surface area contributed by atoms with Gasteiger partial charge in [0.2, 0.25) is 0 Å². The van der Waals surface area contributed by atoms with E-state index in [9.17, 15) is 9.59 Å². The number of benzene rings is 3. The SMILES string of the molecule is COC(=O)C1CN(c2ccc3c(c2)C(C)(C)c2cc(C)ccc2C32OC(=O)c3ccc(C(C)(C)C)cc32)C1. The number of hydrogen-bond donors (Lipinski definition) is 0. The number of hydrogen-bond acceptors (Lipinski definition) is 5. The van der Waals surface area contributed by atoms with Gasteiger partial charge in [0.1, 0.15) is 0 Å². The maximum Gasteiger partial charge on any atom is 0.340 e. The standard InChI is InChI=1S/C33H35NO4/c1-19-8-12-24-27(14-19)32(5,6)28-16-22(34-17-20(18-34)29(35)37-7)10-13-25(28)33(24)26-15-21(31(2,3)4)9-11-23(26)30(36)38-33/h8-16,20H,17-18H2,1-7H3. The molecule has 2 heterocycles. The van der Waals surface area contributed by atoms with Gasteiger partial charge in [-0.05, 0) is 53.3 Å². The minimum atomic E-state index is -1.01. The van der Waals surface area contributed by atoms with Crippen LogP contribution in [0.1, 0.15) is 83.9 Å². The first-order chi connectivity index (χ1) is 17.9. The van der Waals surface area contributed by atoms with Gasteiger partial charge >= 0.3 is 11.9 Å². The lowest BCUT2D eigenvalue weighted by molar-refractivity contribution is -0.146. The zero-order chi connectivity index (χ0) is 27.2. The summed E-state index contributed by atoms with van der Waals surface area (Å²) < 4.78 is 11.4. The Labute approximate surface area is 224 Å². The van der Waals surface area contributed by atoms with Crippen LogP contribution in [0.15, 0.2) is 54.6 Å². The number of fused-ring (bicyclic) bond motifs is 6. The van der Waals surface area contributed by atoms with Gasteiger partial charge in [-0.2, -0.15) is 0 Å². The van der Waals surface area contributed by atoms with Crippen LogP contribution in [0.2, 0.25) is 0 Å². The fraction of sp³-hybridized carbons (Fsp3) is 0.394. The van der Waals surface area contributed by atoms with Crippen LogP contribution < -0.4 is 4.90 Å². The average molecular weight is 510 g/mol. The zero-order valence-electron chi connectivity index (χ0n) is 23.3. The van der Waals surface area contributed by atoms with E-state index in [1.807, 2.05) is 12.1 Å². The molecule has 1 fully saturated rings. The Morgan fingerprint density at radius 2 is 1.58 bits per heavy atom. The van der Waals surface area contributed by atoms with E-state index in [0.29, 0.717) is 18.7 Å². The van der Waals surface area contributed by atoms with Gasteiger partial charge in [-0.1, -0.05) is 70.5 Å². The molecule has 0 N–H and O–H groups in total. The molecule has 6 rings (SSSR count). The summed E-state index contributed by atoms with van der Waals surface area (Å²) in [5.41, 5.74) is 7.88. The van der Waals surface area contributed by atoms with E-state index in [-0.39, 0.29) is 28.7 Å². The summed E-state index contributed by atoms with van der Waals surface area (Å²) in [6, 6.07) is 19.1. The van der Waals surface area contributed by atoms with Crippen molar-refractivity contribution in [3.8, 4) is 0 Å². The summed E-state index contributed by atoms with van der Waals surface area (Å²) in [6.45, 7) is 14.4. The minimum absolute atomic E-state index is 0.0771. The van der Waals surface area contributed by atoms with Crippen LogP contribution in [0, 0.1) is 12.8 Å². The summed E-state index contributed by atoms with van der Waals surface area (Å²) in [7, 11) is 1.44. The predicted octanol–water partition coefficient (Wildman–Crippen LogP) is 6.00. The minimum Gasteiger partial charge on any atom is -0.469 e. The summed E-state index contributed by atoms with van der Waals surface area (Å²) in [5.74, 6) is -0.547. The number of anilines is 1. The average Bonchev–Trinajstić information content (AvgIpc) is 3.14. The second-order valence-corrected chi connectivity index (χ2v) is 12.6. The fourth-order valence-electron chi connectivity index (χ4n) is 6.46. The molecule has 5 nitrogen and oxygen atoms in total. The lowest BCUT2D eigenvalue weighted by atomic mass is 9.61. The third-order valence-electron chi connectivity index (χ3n) is 8.80. The lowest BCUT2D eigenvalue weighted by Gasteiger charge is -2.46. The zero-order valence-corrected chi connectivity index (χ0v) is 23.3. The van der Waals surface area contributed by atoms with Gasteiger partial charge in [-0.3, -0.25) is 4.79 Å². The molecule has 0 bridgehead atoms. The monoisotopic (exact) mass is 509 g/mol. The predicted molar refractivity (Wildman–Crippen MR) is 148 cm³/mol. The van der Waals surface area contributed by atoms with Crippen molar-refractivity contribution < 1.29 is 19.1 Å². The Hall–Kier alpha value is -3.60. The Balaban J connectivity index is 1.59. The second-order valence-electron chi connectivity index (χ2n) is 12.6. The highest BCUT2D eigenvalue weighted by Crippen LogP contribution is 2.57. The Kier molecular flexibility index (Phi) is 5.17. The molecule has 38 heavy (non-hydrogen) atoms. The number of methoxy groups -OCH3 is 1. The molecule has 196 valence electrons. The van der Waals surface area contributed by atoms with Gasteiger partial charge in [0.25, 0.3) is 0 Å². The van der Waals surface area contributed by atoms with Crippen LogP contribution >= 0.6 is 0 Å². The molecule has 0 saturated carbocycles. The normalized spacial score (nSPS) is 21.3. The van der Waals surface area contributed by atoms with Gasteiger partial charge in [0.05, 0.1) is 18.6 Å². The number of nitrogens with zero attached hydrogens (tertiary/aromatic N) is 1. The third-order valence-corrected chi connectivity index (χ3v) is 8.80. The van der Waals surface area contributed by atoms with Crippen LogP contribution in [-0.4, -0.2) is 32.1 Å². The highest BCUT2D eigenvalue weighted by Gasteiger charge is 2.56. The molecule has 0 radical (unpaired) electrons. The van der Waals surface area contributed by atoms with Crippen molar-refractivity contribution in [2.75, 3.05) is 25.1 Å². The molecule has 1 atom stereocenters. The van der Waals surface area contributed by atoms with Crippen LogP contribution in [0.25, 0.3) is 0 Å². The molecular formula is C33H35NO4. The van der Waals surface area contributed by atoms with Crippen molar-refractivity contribution in [2.45, 2.75) is 58.0 Å². The summed E-state index contributed by atoms with van der Waals surface area (Å²) >= 11 is 0. The highest BCUT2D eigenvalue weighted by atomic mass is 16.6. The molecule has 1 aliphatic carbocycles. The van der Waals surface area contributed by atoms with Gasteiger partial charge < -0.3 is 14.4 Å². The van der Waals surface area contributed by atoms with Crippen LogP contribution in [0.4, 0.5) is 5.69 Å². The Morgan fingerprint density at radius 3 is 2.24 bits per heavy atom. The molecule has 3 aromatic rings. The molecule has 0 aromatic heterocycles. The van der Waals surface area contributed by atoms with Gasteiger partial charge in [-0.25, -0.2) is 4.79 Å². The molecule has 3 aromatic carbocycles. The van der Waals surface area contributed by atoms with E-state index in [2.05, 4.69) is 88.9 Å². The van der Waals surface area contributed by atoms with Crippen molar-refractivity contribution in [2.24, 2.45) is 5.92 Å². The molecule has 1 saturated heterocycles. The number of esters is 2. The van der Waals surface area contributed by atoms with E-state index >= 15 is 0 Å². The number of aryl methyl sites for hydroxylation is 1. The molecule has 5 heteroatoms.